The minimum absolute atomic E-state index is 0.707. The minimum Gasteiger partial charge on any atom is -0.150 e. The molecule has 0 unspecified atom stereocenters. The van der Waals surface area contributed by atoms with Crippen molar-refractivity contribution >= 4 is 8.37 Å². The molecule has 0 heterocycles. The molecule has 4 heteroatoms. The Kier molecular flexibility index (Phi) is 14.5. The van der Waals surface area contributed by atoms with E-state index in [2.05, 4.69) is 97.1 Å². The third kappa shape index (κ3) is 12.8. The second-order valence-corrected chi connectivity index (χ2v) is 13.9. The molecule has 0 saturated carbocycles. The van der Waals surface area contributed by atoms with Crippen LogP contribution in [-0.4, -0.2) is 53.3 Å². The van der Waals surface area contributed by atoms with Crippen LogP contribution in [0.4, 0.5) is 0 Å². The summed E-state index contributed by atoms with van der Waals surface area (Å²) in [6.07, 6.45) is 0. The van der Waals surface area contributed by atoms with E-state index in [4.69, 9.17) is 0 Å². The van der Waals surface area contributed by atoms with Crippen LogP contribution in [0.5, 0.6) is 0 Å². The highest BCUT2D eigenvalue weighted by Crippen LogP contribution is 2.50. The van der Waals surface area contributed by atoms with E-state index < -0.39 is 8.37 Å². The Morgan fingerprint density at radius 3 is 0.607 bits per heavy atom. The lowest BCUT2D eigenvalue weighted by atomic mass is 10.2. The highest BCUT2D eigenvalue weighted by Gasteiger charge is 2.40. The molecule has 0 aromatic heterocycles. The molecule has 0 atom stereocenters. The minimum atomic E-state index is -0.931. The Bertz CT molecular complexity index is 293. The molecule has 0 spiro atoms. The quantitative estimate of drug-likeness (QED) is 0.272. The molecule has 170 valence electrons. The molecule has 0 aromatic rings. The predicted molar refractivity (Wildman–Crippen MR) is 132 cm³/mol. The molecule has 0 N–H and O–H groups in total. The number of rotatable bonds is 15. The van der Waals surface area contributed by atoms with E-state index in [0.717, 1.165) is 0 Å². The predicted octanol–water partition coefficient (Wildman–Crippen LogP) is 6.79. The van der Waals surface area contributed by atoms with E-state index in [1.807, 2.05) is 0 Å². The van der Waals surface area contributed by atoms with Gasteiger partial charge >= 0.3 is 0 Å². The Labute approximate surface area is 180 Å². The van der Waals surface area contributed by atoms with Gasteiger partial charge in [-0.1, -0.05) is 83.1 Å². The molecule has 0 aliphatic heterocycles. The monoisotopic (exact) mass is 416 g/mol. The van der Waals surface area contributed by atoms with Crippen molar-refractivity contribution in [3.05, 3.63) is 0 Å². The zero-order valence-electron chi connectivity index (χ0n) is 21.5. The topological polar surface area (TPSA) is 9.72 Å². The highest BCUT2D eigenvalue weighted by molar-refractivity contribution is 7.50. The van der Waals surface area contributed by atoms with Gasteiger partial charge in [-0.05, 0) is 35.5 Å². The molecular weight excluding hydrogens is 361 g/mol. The van der Waals surface area contributed by atoms with Gasteiger partial charge in [0.05, 0.1) is 0 Å². The zero-order chi connectivity index (χ0) is 22.0. The normalized spacial score (nSPS) is 13.5. The van der Waals surface area contributed by atoms with Gasteiger partial charge in [-0.2, -0.15) is 0 Å². The van der Waals surface area contributed by atoms with E-state index in [1.54, 1.807) is 0 Å². The maximum absolute atomic E-state index is 2.90. The summed E-state index contributed by atoms with van der Waals surface area (Å²) in [7, 11) is -0.931. The second kappa shape index (κ2) is 14.3. The first-order chi connectivity index (χ1) is 12.8. The zero-order valence-corrected chi connectivity index (χ0v) is 22.5. The highest BCUT2D eigenvalue weighted by atomic mass is 31.2. The van der Waals surface area contributed by atoms with Gasteiger partial charge in [-0.15, -0.1) is 14.0 Å². The summed E-state index contributed by atoms with van der Waals surface area (Å²) in [5, 5.41) is 0. The summed E-state index contributed by atoms with van der Waals surface area (Å²) >= 11 is 0. The van der Waals surface area contributed by atoms with E-state index in [9.17, 15) is 0 Å². The van der Waals surface area contributed by atoms with Crippen LogP contribution in [0, 0.1) is 35.5 Å². The first kappa shape index (κ1) is 28.3. The van der Waals surface area contributed by atoms with Gasteiger partial charge in [0.2, 0.25) is 8.37 Å². The molecule has 0 saturated heterocycles. The van der Waals surface area contributed by atoms with Gasteiger partial charge in [0.15, 0.2) is 0 Å². The Hall–Kier alpha value is 0.310. The van der Waals surface area contributed by atoms with Crippen molar-refractivity contribution in [2.24, 2.45) is 35.5 Å². The molecule has 0 aliphatic carbocycles. The van der Waals surface area contributed by atoms with Crippen molar-refractivity contribution in [3.63, 3.8) is 0 Å². The van der Waals surface area contributed by atoms with Crippen molar-refractivity contribution in [2.45, 2.75) is 83.1 Å². The van der Waals surface area contributed by atoms with Crippen LogP contribution < -0.4 is 0 Å². The molecule has 3 nitrogen and oxygen atoms in total. The average Bonchev–Trinajstić information content (AvgIpc) is 2.42. The van der Waals surface area contributed by atoms with E-state index in [-0.39, 0.29) is 0 Å². The molecule has 0 aliphatic rings. The Morgan fingerprint density at radius 1 is 0.357 bits per heavy atom. The molecule has 0 radical (unpaired) electrons. The number of hydrogen-bond acceptors (Lipinski definition) is 3. The van der Waals surface area contributed by atoms with Crippen molar-refractivity contribution in [1.29, 1.82) is 0 Å². The summed E-state index contributed by atoms with van der Waals surface area (Å²) in [4.78, 5) is 0. The molecule has 0 rings (SSSR count). The standard InChI is InChI=1S/C24H54N3P/c1-19(2)13-25(14-20(3)4)28(26(15-21(5)6)16-22(7)8)27(17-23(9)10)18-24(11)12/h19-24H,13-18H2,1-12H3/p+1. The maximum atomic E-state index is 2.90. The van der Waals surface area contributed by atoms with Gasteiger partial charge in [-0.3, -0.25) is 0 Å². The molecule has 0 aromatic carbocycles. The van der Waals surface area contributed by atoms with E-state index in [0.29, 0.717) is 35.5 Å². The van der Waals surface area contributed by atoms with Gasteiger partial charge in [-0.25, -0.2) is 0 Å². The Morgan fingerprint density at radius 2 is 0.500 bits per heavy atom. The lowest BCUT2D eigenvalue weighted by Crippen LogP contribution is -2.44. The van der Waals surface area contributed by atoms with Crippen LogP contribution in [0.2, 0.25) is 0 Å². The number of nitrogens with zero attached hydrogens (tertiary/aromatic N) is 3. The van der Waals surface area contributed by atoms with E-state index in [1.165, 1.54) is 39.3 Å². The SMILES string of the molecule is CC(C)CN(CC(C)C)[PH+](N(CC(C)C)CC(C)C)N(CC(C)C)CC(C)C. The van der Waals surface area contributed by atoms with Crippen LogP contribution >= 0.6 is 8.37 Å². The fourth-order valence-corrected chi connectivity index (χ4v) is 8.33. The summed E-state index contributed by atoms with van der Waals surface area (Å²) in [5.41, 5.74) is 0. The van der Waals surface area contributed by atoms with Gasteiger partial charge in [0.1, 0.15) is 0 Å². The fourth-order valence-electron chi connectivity index (χ4n) is 3.96. The van der Waals surface area contributed by atoms with Gasteiger partial charge in [0.25, 0.3) is 0 Å². The van der Waals surface area contributed by atoms with Crippen molar-refractivity contribution < 1.29 is 0 Å². The van der Waals surface area contributed by atoms with Crippen LogP contribution in [0.15, 0.2) is 0 Å². The lowest BCUT2D eigenvalue weighted by Gasteiger charge is -2.41. The fraction of sp³-hybridized carbons (Fsp3) is 1.00. The first-order valence-electron chi connectivity index (χ1n) is 11.9. The van der Waals surface area contributed by atoms with Gasteiger partial charge in [0, 0.05) is 39.3 Å². The van der Waals surface area contributed by atoms with Gasteiger partial charge < -0.3 is 0 Å². The number of hydrogen-bond donors (Lipinski definition) is 0. The van der Waals surface area contributed by atoms with Crippen molar-refractivity contribution in [3.8, 4) is 0 Å². The van der Waals surface area contributed by atoms with Crippen LogP contribution in [0.1, 0.15) is 83.1 Å². The smallest absolute Gasteiger partial charge is 0.150 e. The summed E-state index contributed by atoms with van der Waals surface area (Å²) in [6.45, 7) is 35.9. The summed E-state index contributed by atoms with van der Waals surface area (Å²) in [6, 6.07) is 0. The third-order valence-corrected chi connectivity index (χ3v) is 7.15. The van der Waals surface area contributed by atoms with Crippen LogP contribution in [-0.2, 0) is 0 Å². The van der Waals surface area contributed by atoms with E-state index >= 15 is 0 Å². The van der Waals surface area contributed by atoms with Crippen molar-refractivity contribution in [2.75, 3.05) is 39.3 Å². The molecule has 28 heavy (non-hydrogen) atoms. The summed E-state index contributed by atoms with van der Waals surface area (Å²) in [5.74, 6) is 4.24. The molecular formula is C24H55N3P+. The molecule has 0 bridgehead atoms. The first-order valence-corrected chi connectivity index (χ1v) is 13.3. The average molecular weight is 417 g/mol. The van der Waals surface area contributed by atoms with Crippen molar-refractivity contribution in [1.82, 2.24) is 14.0 Å². The van der Waals surface area contributed by atoms with Crippen LogP contribution in [0.3, 0.4) is 0 Å². The largest absolute Gasteiger partial charge is 0.213 e. The van der Waals surface area contributed by atoms with Crippen LogP contribution in [0.25, 0.3) is 0 Å². The molecule has 0 amide bonds. The second-order valence-electron chi connectivity index (χ2n) is 11.4. The Balaban J connectivity index is 6.12. The molecule has 0 fully saturated rings. The third-order valence-electron chi connectivity index (χ3n) is 4.36. The maximum Gasteiger partial charge on any atom is 0.213 e. The lowest BCUT2D eigenvalue weighted by molar-refractivity contribution is 0.244. The summed E-state index contributed by atoms with van der Waals surface area (Å²) < 4.78 is 8.70.